The van der Waals surface area contributed by atoms with E-state index in [0.717, 1.165) is 19.4 Å². The topological polar surface area (TPSA) is 76.1 Å². The fraction of sp³-hybridized carbons (Fsp3) is 0.389. The van der Waals surface area contributed by atoms with Gasteiger partial charge in [-0.1, -0.05) is 18.2 Å². The minimum absolute atomic E-state index is 0.0746. The number of hydrogen-bond donors (Lipinski definition) is 2. The number of nitrogens with one attached hydrogen (secondary N) is 2. The third kappa shape index (κ3) is 4.73. The highest BCUT2D eigenvalue weighted by Gasteiger charge is 2.17. The maximum Gasteiger partial charge on any atom is 0.270 e. The predicted molar refractivity (Wildman–Crippen MR) is 91.8 cm³/mol. The molecule has 1 amide bonds. The normalized spacial score (nSPS) is 16.6. The Morgan fingerprint density at radius 2 is 2.20 bits per heavy atom. The minimum atomic E-state index is -0.294. The van der Waals surface area contributed by atoms with Crippen molar-refractivity contribution < 1.29 is 13.9 Å². The fourth-order valence-electron chi connectivity index (χ4n) is 2.68. The monoisotopic (exact) mass is 344 g/mol. The maximum atomic E-state index is 13.7. The zero-order valence-corrected chi connectivity index (χ0v) is 14.1. The van der Waals surface area contributed by atoms with E-state index in [4.69, 9.17) is 4.74 Å². The first-order valence-corrected chi connectivity index (χ1v) is 8.34. The number of anilines is 1. The number of amides is 1. The summed E-state index contributed by atoms with van der Waals surface area (Å²) in [5.74, 6) is -0.266. The number of nitrogens with zero attached hydrogens (tertiary/aromatic N) is 2. The van der Waals surface area contributed by atoms with Gasteiger partial charge in [0.1, 0.15) is 11.5 Å². The lowest BCUT2D eigenvalue weighted by molar-refractivity contribution is 0.0853. The molecule has 0 bridgehead atoms. The first-order valence-electron chi connectivity index (χ1n) is 8.34. The number of ether oxygens (including phenoxy) is 1. The van der Waals surface area contributed by atoms with Crippen LogP contribution in [0.2, 0.25) is 0 Å². The zero-order chi connectivity index (χ0) is 17.6. The van der Waals surface area contributed by atoms with Crippen LogP contribution in [0.3, 0.4) is 0 Å². The second-order valence-corrected chi connectivity index (χ2v) is 6.01. The van der Waals surface area contributed by atoms with Crippen LogP contribution < -0.4 is 10.6 Å². The number of carbonyl (C=O) groups excluding carboxylic acids is 1. The van der Waals surface area contributed by atoms with E-state index < -0.39 is 0 Å². The number of aromatic nitrogens is 2. The van der Waals surface area contributed by atoms with Crippen LogP contribution in [0.1, 0.15) is 34.6 Å². The van der Waals surface area contributed by atoms with Crippen LogP contribution in [0.15, 0.2) is 30.3 Å². The van der Waals surface area contributed by atoms with Crippen LogP contribution >= 0.6 is 0 Å². The van der Waals surface area contributed by atoms with Crippen molar-refractivity contribution in [2.75, 3.05) is 18.5 Å². The van der Waals surface area contributed by atoms with E-state index in [-0.39, 0.29) is 30.1 Å². The summed E-state index contributed by atoms with van der Waals surface area (Å²) >= 11 is 0. The van der Waals surface area contributed by atoms with Gasteiger partial charge in [0.15, 0.2) is 0 Å². The van der Waals surface area contributed by atoms with Crippen LogP contribution in [0.5, 0.6) is 0 Å². The second kappa shape index (κ2) is 8.02. The molecule has 1 atom stereocenters. The molecule has 1 aromatic carbocycles. The number of carbonyl (C=O) groups is 1. The molecule has 1 aliphatic rings. The van der Waals surface area contributed by atoms with Gasteiger partial charge < -0.3 is 15.4 Å². The Kier molecular flexibility index (Phi) is 5.55. The van der Waals surface area contributed by atoms with Crippen LogP contribution in [-0.4, -0.2) is 35.1 Å². The van der Waals surface area contributed by atoms with Crippen molar-refractivity contribution in [3.8, 4) is 0 Å². The van der Waals surface area contributed by atoms with Crippen molar-refractivity contribution >= 4 is 11.9 Å². The molecule has 2 aromatic rings. The third-order valence-corrected chi connectivity index (χ3v) is 4.00. The summed E-state index contributed by atoms with van der Waals surface area (Å²) in [4.78, 5) is 20.8. The largest absolute Gasteiger partial charge is 0.376 e. The van der Waals surface area contributed by atoms with E-state index in [0.29, 0.717) is 23.8 Å². The molecule has 1 fully saturated rings. The Balaban J connectivity index is 1.63. The molecule has 1 saturated heterocycles. The van der Waals surface area contributed by atoms with Crippen LogP contribution in [0.25, 0.3) is 0 Å². The molecule has 1 aliphatic heterocycles. The van der Waals surface area contributed by atoms with Gasteiger partial charge in [-0.05, 0) is 31.9 Å². The summed E-state index contributed by atoms with van der Waals surface area (Å²) in [5.41, 5.74) is 1.45. The van der Waals surface area contributed by atoms with Gasteiger partial charge >= 0.3 is 0 Å². The molecule has 3 rings (SSSR count). The highest BCUT2D eigenvalue weighted by atomic mass is 19.1. The van der Waals surface area contributed by atoms with Gasteiger partial charge in [-0.15, -0.1) is 0 Å². The summed E-state index contributed by atoms with van der Waals surface area (Å²) in [6.07, 6.45) is 2.06. The first-order chi connectivity index (χ1) is 12.1. The van der Waals surface area contributed by atoms with Crippen LogP contribution in [-0.2, 0) is 11.3 Å². The van der Waals surface area contributed by atoms with E-state index in [1.807, 2.05) is 0 Å². The van der Waals surface area contributed by atoms with E-state index in [1.54, 1.807) is 31.2 Å². The van der Waals surface area contributed by atoms with Gasteiger partial charge in [-0.2, -0.15) is 0 Å². The van der Waals surface area contributed by atoms with Gasteiger partial charge in [0, 0.05) is 31.0 Å². The third-order valence-electron chi connectivity index (χ3n) is 4.00. The van der Waals surface area contributed by atoms with Gasteiger partial charge in [-0.3, -0.25) is 4.79 Å². The molecule has 25 heavy (non-hydrogen) atoms. The molecule has 6 nitrogen and oxygen atoms in total. The van der Waals surface area contributed by atoms with E-state index >= 15 is 0 Å². The Morgan fingerprint density at radius 1 is 1.36 bits per heavy atom. The maximum absolute atomic E-state index is 13.7. The number of aryl methyl sites for hydroxylation is 1. The Hall–Kier alpha value is -2.54. The van der Waals surface area contributed by atoms with Gasteiger partial charge in [0.2, 0.25) is 5.95 Å². The van der Waals surface area contributed by atoms with Gasteiger partial charge in [0.25, 0.3) is 5.91 Å². The summed E-state index contributed by atoms with van der Waals surface area (Å²) in [6.45, 7) is 3.25. The highest BCUT2D eigenvalue weighted by Crippen LogP contribution is 2.12. The predicted octanol–water partition coefficient (Wildman–Crippen LogP) is 2.45. The standard InChI is InChI=1S/C18H21FN4O2/c1-12-9-16(17(24)20-11-14-6-4-8-25-14)23-18(22-12)21-10-13-5-2-3-7-15(13)19/h2-3,5,7,9,14H,4,6,8,10-11H2,1H3,(H,20,24)(H,21,22,23). The molecule has 0 aliphatic carbocycles. The number of rotatable bonds is 6. The molecular formula is C18H21FN4O2. The number of halogens is 1. The Labute approximate surface area is 145 Å². The molecule has 2 heterocycles. The van der Waals surface area contributed by atoms with Crippen molar-refractivity contribution in [2.45, 2.75) is 32.4 Å². The molecule has 0 spiro atoms. The van der Waals surface area contributed by atoms with Gasteiger partial charge in [0.05, 0.1) is 6.10 Å². The quantitative estimate of drug-likeness (QED) is 0.842. The van der Waals surface area contributed by atoms with E-state index in [1.165, 1.54) is 6.07 Å². The molecule has 7 heteroatoms. The highest BCUT2D eigenvalue weighted by molar-refractivity contribution is 5.92. The summed E-state index contributed by atoms with van der Waals surface area (Å²) in [6, 6.07) is 8.12. The average molecular weight is 344 g/mol. The lowest BCUT2D eigenvalue weighted by Gasteiger charge is -2.12. The molecule has 0 saturated carbocycles. The zero-order valence-electron chi connectivity index (χ0n) is 14.1. The van der Waals surface area contributed by atoms with E-state index in [2.05, 4.69) is 20.6 Å². The summed E-state index contributed by atoms with van der Waals surface area (Å²) < 4.78 is 19.2. The van der Waals surface area contributed by atoms with Crippen molar-refractivity contribution in [1.29, 1.82) is 0 Å². The molecule has 2 N–H and O–H groups in total. The SMILES string of the molecule is Cc1cc(C(=O)NCC2CCCO2)nc(NCc2ccccc2F)n1. The fourth-order valence-corrected chi connectivity index (χ4v) is 2.68. The second-order valence-electron chi connectivity index (χ2n) is 6.01. The van der Waals surface area contributed by atoms with E-state index in [9.17, 15) is 9.18 Å². The number of benzene rings is 1. The lowest BCUT2D eigenvalue weighted by atomic mass is 10.2. The number of hydrogen-bond acceptors (Lipinski definition) is 5. The smallest absolute Gasteiger partial charge is 0.270 e. The Bertz CT molecular complexity index is 748. The van der Waals surface area contributed by atoms with Crippen molar-refractivity contribution in [1.82, 2.24) is 15.3 Å². The van der Waals surface area contributed by atoms with Crippen LogP contribution in [0, 0.1) is 12.7 Å². The summed E-state index contributed by atoms with van der Waals surface area (Å²) in [5, 5.41) is 5.80. The minimum Gasteiger partial charge on any atom is -0.376 e. The van der Waals surface area contributed by atoms with Gasteiger partial charge in [-0.25, -0.2) is 14.4 Å². The molecule has 1 aromatic heterocycles. The van der Waals surface area contributed by atoms with Crippen molar-refractivity contribution in [3.05, 3.63) is 53.1 Å². The average Bonchev–Trinajstić information content (AvgIpc) is 3.12. The molecule has 132 valence electrons. The molecular weight excluding hydrogens is 323 g/mol. The first kappa shape index (κ1) is 17.3. The summed E-state index contributed by atoms with van der Waals surface area (Å²) in [7, 11) is 0. The molecule has 1 unspecified atom stereocenters. The molecule has 0 radical (unpaired) electrons. The lowest BCUT2D eigenvalue weighted by Crippen LogP contribution is -2.32. The van der Waals surface area contributed by atoms with Crippen molar-refractivity contribution in [2.24, 2.45) is 0 Å². The van der Waals surface area contributed by atoms with Crippen molar-refractivity contribution in [3.63, 3.8) is 0 Å². The van der Waals surface area contributed by atoms with Crippen LogP contribution in [0.4, 0.5) is 10.3 Å². The Morgan fingerprint density at radius 3 is 2.96 bits per heavy atom.